The maximum Gasteiger partial charge on any atom is 0.419 e. The van der Waals surface area contributed by atoms with Crippen LogP contribution in [0.3, 0.4) is 0 Å². The van der Waals surface area contributed by atoms with Gasteiger partial charge in [0.05, 0.1) is 5.56 Å². The molecule has 2 rings (SSSR count). The van der Waals surface area contributed by atoms with Gasteiger partial charge in [0, 0.05) is 19.1 Å². The van der Waals surface area contributed by atoms with Crippen molar-refractivity contribution >= 4 is 0 Å². The molecule has 1 unspecified atom stereocenters. The number of ether oxygens (including phenoxy) is 1. The topological polar surface area (TPSA) is 33.3 Å². The molecule has 1 aromatic rings. The Labute approximate surface area is 110 Å². The summed E-state index contributed by atoms with van der Waals surface area (Å²) in [5.74, 6) is -0.110. The van der Waals surface area contributed by atoms with E-state index in [4.69, 9.17) is 4.74 Å². The third-order valence-electron chi connectivity index (χ3n) is 3.05. The van der Waals surface area contributed by atoms with Gasteiger partial charge in [0.1, 0.15) is 12.4 Å². The smallest absolute Gasteiger partial charge is 0.419 e. The molecule has 106 valence electrons. The first-order chi connectivity index (χ1) is 9.07. The van der Waals surface area contributed by atoms with E-state index in [1.807, 2.05) is 0 Å². The summed E-state index contributed by atoms with van der Waals surface area (Å²) >= 11 is 0. The first-order valence-electron chi connectivity index (χ1n) is 6.30. The molecule has 1 aromatic carbocycles. The molecule has 1 fully saturated rings. The zero-order valence-corrected chi connectivity index (χ0v) is 10.5. The first-order valence-corrected chi connectivity index (χ1v) is 6.30. The Morgan fingerprint density at radius 2 is 2.11 bits per heavy atom. The van der Waals surface area contributed by atoms with Crippen LogP contribution in [-0.4, -0.2) is 32.3 Å². The van der Waals surface area contributed by atoms with E-state index in [9.17, 15) is 13.2 Å². The summed E-state index contributed by atoms with van der Waals surface area (Å²) in [6.45, 7) is 2.65. The van der Waals surface area contributed by atoms with Crippen LogP contribution in [0, 0.1) is 0 Å². The van der Waals surface area contributed by atoms with Crippen LogP contribution in [0.5, 0.6) is 5.75 Å². The van der Waals surface area contributed by atoms with Gasteiger partial charge >= 0.3 is 6.18 Å². The number of alkyl halides is 3. The third kappa shape index (κ3) is 4.11. The lowest BCUT2D eigenvalue weighted by Crippen LogP contribution is -2.34. The van der Waals surface area contributed by atoms with E-state index in [0.29, 0.717) is 12.6 Å². The van der Waals surface area contributed by atoms with Crippen LogP contribution in [0.25, 0.3) is 0 Å². The lowest BCUT2D eigenvalue weighted by Gasteiger charge is -2.15. The van der Waals surface area contributed by atoms with Crippen LogP contribution in [0.15, 0.2) is 24.3 Å². The summed E-state index contributed by atoms with van der Waals surface area (Å²) in [5.41, 5.74) is -0.725. The number of para-hydroxylation sites is 1. The van der Waals surface area contributed by atoms with E-state index in [1.54, 1.807) is 6.07 Å². The zero-order chi connectivity index (χ0) is 13.7. The van der Waals surface area contributed by atoms with Gasteiger partial charge in [-0.15, -0.1) is 0 Å². The van der Waals surface area contributed by atoms with Gasteiger partial charge < -0.3 is 15.4 Å². The normalized spacial score (nSPS) is 19.6. The highest BCUT2D eigenvalue weighted by Gasteiger charge is 2.33. The Hall–Kier alpha value is -1.27. The molecule has 1 aliphatic heterocycles. The zero-order valence-electron chi connectivity index (χ0n) is 10.5. The summed E-state index contributed by atoms with van der Waals surface area (Å²) in [6.07, 6.45) is -3.33. The van der Waals surface area contributed by atoms with Crippen LogP contribution >= 0.6 is 0 Å². The Morgan fingerprint density at radius 3 is 2.79 bits per heavy atom. The number of rotatable bonds is 5. The van der Waals surface area contributed by atoms with E-state index < -0.39 is 11.7 Å². The number of hydrogen-bond acceptors (Lipinski definition) is 3. The Balaban J connectivity index is 1.82. The molecule has 3 nitrogen and oxygen atoms in total. The van der Waals surface area contributed by atoms with Crippen molar-refractivity contribution in [3.8, 4) is 5.75 Å². The van der Waals surface area contributed by atoms with Gasteiger partial charge in [-0.05, 0) is 25.1 Å². The predicted molar refractivity (Wildman–Crippen MR) is 66.2 cm³/mol. The Bertz CT molecular complexity index is 403. The van der Waals surface area contributed by atoms with E-state index in [1.165, 1.54) is 12.1 Å². The minimum atomic E-state index is -4.38. The van der Waals surface area contributed by atoms with Crippen LogP contribution in [0.4, 0.5) is 13.2 Å². The summed E-state index contributed by atoms with van der Waals surface area (Å²) < 4.78 is 43.3. The molecule has 19 heavy (non-hydrogen) atoms. The molecule has 0 aliphatic carbocycles. The first kappa shape index (κ1) is 14.1. The maximum atomic E-state index is 12.7. The van der Waals surface area contributed by atoms with Crippen LogP contribution in [0.1, 0.15) is 12.0 Å². The molecule has 1 saturated heterocycles. The fourth-order valence-electron chi connectivity index (χ4n) is 2.08. The highest BCUT2D eigenvalue weighted by atomic mass is 19.4. The summed E-state index contributed by atoms with van der Waals surface area (Å²) in [6, 6.07) is 5.67. The third-order valence-corrected chi connectivity index (χ3v) is 3.05. The second-order valence-corrected chi connectivity index (χ2v) is 4.49. The summed E-state index contributed by atoms with van der Waals surface area (Å²) in [7, 11) is 0. The number of hydrogen-bond donors (Lipinski definition) is 2. The summed E-state index contributed by atoms with van der Waals surface area (Å²) in [4.78, 5) is 0. The molecule has 0 saturated carbocycles. The average Bonchev–Trinajstić information content (AvgIpc) is 2.87. The van der Waals surface area contributed by atoms with Crippen molar-refractivity contribution in [3.63, 3.8) is 0 Å². The van der Waals surface area contributed by atoms with Gasteiger partial charge in [0.2, 0.25) is 0 Å². The molecule has 0 radical (unpaired) electrons. The molecule has 6 heteroatoms. The molecular weight excluding hydrogens is 257 g/mol. The van der Waals surface area contributed by atoms with Crippen molar-refractivity contribution in [2.75, 3.05) is 26.2 Å². The molecular formula is C13H17F3N2O. The second-order valence-electron chi connectivity index (χ2n) is 4.49. The molecule has 1 atom stereocenters. The maximum absolute atomic E-state index is 12.7. The van der Waals surface area contributed by atoms with E-state index in [2.05, 4.69) is 10.6 Å². The van der Waals surface area contributed by atoms with Gasteiger partial charge in [0.15, 0.2) is 0 Å². The number of halogens is 3. The summed E-state index contributed by atoms with van der Waals surface area (Å²) in [5, 5.41) is 6.45. The minimum Gasteiger partial charge on any atom is -0.492 e. The van der Waals surface area contributed by atoms with Gasteiger partial charge in [-0.25, -0.2) is 0 Å². The van der Waals surface area contributed by atoms with Gasteiger partial charge in [-0.1, -0.05) is 12.1 Å². The van der Waals surface area contributed by atoms with Gasteiger partial charge in [0.25, 0.3) is 0 Å². The van der Waals surface area contributed by atoms with Crippen molar-refractivity contribution in [2.24, 2.45) is 0 Å². The Morgan fingerprint density at radius 1 is 1.32 bits per heavy atom. The quantitative estimate of drug-likeness (QED) is 0.806. The number of benzene rings is 1. The highest BCUT2D eigenvalue weighted by Crippen LogP contribution is 2.35. The molecule has 0 spiro atoms. The lowest BCUT2D eigenvalue weighted by molar-refractivity contribution is -0.138. The SMILES string of the molecule is FC(F)(F)c1ccccc1OCCNC1CCNC1. The lowest BCUT2D eigenvalue weighted by atomic mass is 10.2. The molecule has 0 amide bonds. The van der Waals surface area contributed by atoms with Crippen molar-refractivity contribution < 1.29 is 17.9 Å². The number of nitrogens with one attached hydrogen (secondary N) is 2. The fourth-order valence-corrected chi connectivity index (χ4v) is 2.08. The van der Waals surface area contributed by atoms with Crippen LogP contribution in [-0.2, 0) is 6.18 Å². The van der Waals surface area contributed by atoms with Crippen molar-refractivity contribution in [3.05, 3.63) is 29.8 Å². The van der Waals surface area contributed by atoms with Crippen LogP contribution in [0.2, 0.25) is 0 Å². The van der Waals surface area contributed by atoms with E-state index in [0.717, 1.165) is 25.6 Å². The molecule has 0 bridgehead atoms. The molecule has 2 N–H and O–H groups in total. The minimum absolute atomic E-state index is 0.110. The van der Waals surface area contributed by atoms with Crippen molar-refractivity contribution in [2.45, 2.75) is 18.6 Å². The van der Waals surface area contributed by atoms with E-state index in [-0.39, 0.29) is 12.4 Å². The molecule has 1 aliphatic rings. The molecule has 0 aromatic heterocycles. The highest BCUT2D eigenvalue weighted by molar-refractivity contribution is 5.35. The van der Waals surface area contributed by atoms with Crippen molar-refractivity contribution in [1.29, 1.82) is 0 Å². The second kappa shape index (κ2) is 6.25. The van der Waals surface area contributed by atoms with Gasteiger partial charge in [-0.2, -0.15) is 13.2 Å². The molecule has 1 heterocycles. The average molecular weight is 274 g/mol. The monoisotopic (exact) mass is 274 g/mol. The largest absolute Gasteiger partial charge is 0.492 e. The predicted octanol–water partition coefficient (Wildman–Crippen LogP) is 2.04. The fraction of sp³-hybridized carbons (Fsp3) is 0.538. The van der Waals surface area contributed by atoms with Gasteiger partial charge in [-0.3, -0.25) is 0 Å². The standard InChI is InChI=1S/C13H17F3N2O/c14-13(15,16)11-3-1-2-4-12(11)19-8-7-18-10-5-6-17-9-10/h1-4,10,17-18H,5-9H2. The Kier molecular flexibility index (Phi) is 4.66. The van der Waals surface area contributed by atoms with Crippen LogP contribution < -0.4 is 15.4 Å². The van der Waals surface area contributed by atoms with E-state index >= 15 is 0 Å². The van der Waals surface area contributed by atoms with Crippen molar-refractivity contribution in [1.82, 2.24) is 10.6 Å².